The first-order valence-electron chi connectivity index (χ1n) is 8.62. The van der Waals surface area contributed by atoms with E-state index in [-0.39, 0.29) is 22.3 Å². The van der Waals surface area contributed by atoms with Crippen LogP contribution in [0.1, 0.15) is 30.0 Å². The summed E-state index contributed by atoms with van der Waals surface area (Å²) >= 11 is 1.33. The second kappa shape index (κ2) is 7.93. The van der Waals surface area contributed by atoms with E-state index in [1.807, 2.05) is 0 Å². The van der Waals surface area contributed by atoms with E-state index < -0.39 is 21.5 Å². The number of ether oxygens (including phenoxy) is 1. The van der Waals surface area contributed by atoms with Crippen LogP contribution in [0.4, 0.5) is 0 Å². The molecule has 1 amide bonds. The minimum Gasteiger partial charge on any atom is -0.495 e. The van der Waals surface area contributed by atoms with Gasteiger partial charge in [-0.05, 0) is 50.4 Å². The van der Waals surface area contributed by atoms with Gasteiger partial charge in [0, 0.05) is 11.6 Å². The van der Waals surface area contributed by atoms with Gasteiger partial charge in [0.1, 0.15) is 21.3 Å². The summed E-state index contributed by atoms with van der Waals surface area (Å²) in [5, 5.41) is 2.13. The number of rotatable bonds is 6. The molecule has 2 N–H and O–H groups in total. The lowest BCUT2D eigenvalue weighted by molar-refractivity contribution is 0.101. The number of carbonyl (C=O) groups is 1. The largest absolute Gasteiger partial charge is 0.495 e. The Labute approximate surface area is 171 Å². The van der Waals surface area contributed by atoms with Gasteiger partial charge in [-0.1, -0.05) is 0 Å². The van der Waals surface area contributed by atoms with Crippen LogP contribution >= 0.6 is 11.3 Å². The van der Waals surface area contributed by atoms with Crippen LogP contribution in [0.3, 0.4) is 0 Å². The number of methoxy groups -OCH3 is 1. The first-order chi connectivity index (χ1) is 13.6. The Morgan fingerprint density at radius 3 is 2.66 bits per heavy atom. The van der Waals surface area contributed by atoms with Crippen LogP contribution in [-0.4, -0.2) is 37.1 Å². The van der Waals surface area contributed by atoms with Crippen LogP contribution in [0.25, 0.3) is 10.2 Å². The standard InChI is InChI=1S/C18H20N4O5S2/c1-10(2)21-29(25,26)15-9-12(5-6-14(15)27-4)16(23)20-22-11(3)19-17-13(18(22)24)7-8-28-17/h5-10,21H,1-4H3,(H,20,23). The molecule has 0 aliphatic carbocycles. The molecule has 154 valence electrons. The third kappa shape index (κ3) is 4.16. The summed E-state index contributed by atoms with van der Waals surface area (Å²) in [6.07, 6.45) is 0. The van der Waals surface area contributed by atoms with Crippen molar-refractivity contribution in [1.29, 1.82) is 0 Å². The quantitative estimate of drug-likeness (QED) is 0.609. The highest BCUT2D eigenvalue weighted by Crippen LogP contribution is 2.25. The summed E-state index contributed by atoms with van der Waals surface area (Å²) in [4.78, 5) is 30.1. The van der Waals surface area contributed by atoms with Crippen molar-refractivity contribution in [2.75, 3.05) is 12.5 Å². The number of aromatic nitrogens is 2. The number of sulfonamides is 1. The molecule has 0 spiro atoms. The molecule has 0 aliphatic heterocycles. The molecule has 2 heterocycles. The van der Waals surface area contributed by atoms with Gasteiger partial charge in [-0.2, -0.15) is 0 Å². The third-order valence-electron chi connectivity index (χ3n) is 3.98. The molecular weight excluding hydrogens is 416 g/mol. The van der Waals surface area contributed by atoms with Gasteiger partial charge in [-0.15, -0.1) is 11.3 Å². The second-order valence-electron chi connectivity index (χ2n) is 6.52. The Hall–Kier alpha value is -2.76. The van der Waals surface area contributed by atoms with Gasteiger partial charge in [0.05, 0.1) is 12.5 Å². The van der Waals surface area contributed by atoms with E-state index in [1.165, 1.54) is 36.6 Å². The number of thiophene rings is 1. The van der Waals surface area contributed by atoms with Crippen LogP contribution in [0, 0.1) is 6.92 Å². The van der Waals surface area contributed by atoms with Gasteiger partial charge in [-0.3, -0.25) is 15.0 Å². The molecule has 0 bridgehead atoms. The van der Waals surface area contributed by atoms with Gasteiger partial charge >= 0.3 is 0 Å². The highest BCUT2D eigenvalue weighted by atomic mass is 32.2. The molecule has 0 aliphatic rings. The molecule has 11 heteroatoms. The molecule has 29 heavy (non-hydrogen) atoms. The number of nitrogens with zero attached hydrogens (tertiary/aromatic N) is 2. The summed E-state index contributed by atoms with van der Waals surface area (Å²) in [6.45, 7) is 4.96. The smallest absolute Gasteiger partial charge is 0.281 e. The van der Waals surface area contributed by atoms with Crippen molar-refractivity contribution < 1.29 is 17.9 Å². The molecule has 0 saturated carbocycles. The monoisotopic (exact) mass is 436 g/mol. The normalized spacial score (nSPS) is 11.8. The average molecular weight is 437 g/mol. The number of hydrogen-bond acceptors (Lipinski definition) is 7. The summed E-state index contributed by atoms with van der Waals surface area (Å²) < 4.78 is 33.8. The highest BCUT2D eigenvalue weighted by molar-refractivity contribution is 7.89. The van der Waals surface area contributed by atoms with Crippen molar-refractivity contribution in [2.24, 2.45) is 0 Å². The lowest BCUT2D eigenvalue weighted by Gasteiger charge is -2.15. The van der Waals surface area contributed by atoms with E-state index in [4.69, 9.17) is 4.74 Å². The Morgan fingerprint density at radius 1 is 1.28 bits per heavy atom. The van der Waals surface area contributed by atoms with Gasteiger partial charge in [0.15, 0.2) is 0 Å². The summed E-state index contributed by atoms with van der Waals surface area (Å²) in [6, 6.07) is 5.30. The number of amides is 1. The molecule has 9 nitrogen and oxygen atoms in total. The molecule has 1 aromatic carbocycles. The topological polar surface area (TPSA) is 119 Å². The number of benzene rings is 1. The first-order valence-corrected chi connectivity index (χ1v) is 11.0. The Bertz CT molecular complexity index is 1240. The number of hydrogen-bond donors (Lipinski definition) is 2. The molecular formula is C18H20N4O5S2. The van der Waals surface area contributed by atoms with Gasteiger partial charge < -0.3 is 4.74 Å². The van der Waals surface area contributed by atoms with Crippen molar-refractivity contribution in [3.05, 3.63) is 51.4 Å². The summed E-state index contributed by atoms with van der Waals surface area (Å²) in [7, 11) is -2.56. The van der Waals surface area contributed by atoms with Crippen LogP contribution in [0.2, 0.25) is 0 Å². The van der Waals surface area contributed by atoms with E-state index in [0.717, 1.165) is 4.68 Å². The molecule has 3 aromatic rings. The maximum atomic E-state index is 12.7. The van der Waals surface area contributed by atoms with Crippen LogP contribution in [0.5, 0.6) is 5.75 Å². The second-order valence-corrected chi connectivity index (χ2v) is 9.10. The van der Waals surface area contributed by atoms with E-state index in [9.17, 15) is 18.0 Å². The molecule has 0 fully saturated rings. The average Bonchev–Trinajstić information content (AvgIpc) is 3.11. The Balaban J connectivity index is 2.01. The minimum atomic E-state index is -3.90. The maximum absolute atomic E-state index is 12.7. The van der Waals surface area contributed by atoms with E-state index in [2.05, 4.69) is 15.1 Å². The zero-order chi connectivity index (χ0) is 21.3. The minimum absolute atomic E-state index is 0.0478. The van der Waals surface area contributed by atoms with Crippen molar-refractivity contribution >= 4 is 37.5 Å². The van der Waals surface area contributed by atoms with Gasteiger partial charge in [0.2, 0.25) is 10.0 Å². The maximum Gasteiger partial charge on any atom is 0.281 e. The Kier molecular flexibility index (Phi) is 5.73. The molecule has 0 radical (unpaired) electrons. The number of carbonyl (C=O) groups excluding carboxylic acids is 1. The molecule has 0 unspecified atom stereocenters. The van der Waals surface area contributed by atoms with Crippen molar-refractivity contribution in [1.82, 2.24) is 14.4 Å². The van der Waals surface area contributed by atoms with E-state index in [1.54, 1.807) is 32.2 Å². The number of fused-ring (bicyclic) bond motifs is 1. The molecule has 0 atom stereocenters. The van der Waals surface area contributed by atoms with Crippen LogP contribution < -0.4 is 20.4 Å². The van der Waals surface area contributed by atoms with Gasteiger partial charge in [-0.25, -0.2) is 22.8 Å². The van der Waals surface area contributed by atoms with Crippen molar-refractivity contribution in [2.45, 2.75) is 31.7 Å². The lowest BCUT2D eigenvalue weighted by atomic mass is 10.2. The molecule has 2 aromatic heterocycles. The van der Waals surface area contributed by atoms with E-state index >= 15 is 0 Å². The summed E-state index contributed by atoms with van der Waals surface area (Å²) in [5.41, 5.74) is 2.12. The lowest BCUT2D eigenvalue weighted by Crippen LogP contribution is -2.35. The SMILES string of the molecule is COc1ccc(C(=O)Nn2c(C)nc3sccc3c2=O)cc1S(=O)(=O)NC(C)C. The first kappa shape index (κ1) is 21.0. The zero-order valence-corrected chi connectivity index (χ0v) is 17.8. The zero-order valence-electron chi connectivity index (χ0n) is 16.2. The van der Waals surface area contributed by atoms with E-state index in [0.29, 0.717) is 16.0 Å². The van der Waals surface area contributed by atoms with Crippen LogP contribution in [0.15, 0.2) is 39.3 Å². The van der Waals surface area contributed by atoms with Crippen molar-refractivity contribution in [3.8, 4) is 5.75 Å². The van der Waals surface area contributed by atoms with Crippen molar-refractivity contribution in [3.63, 3.8) is 0 Å². The fourth-order valence-corrected chi connectivity index (χ4v) is 4.96. The third-order valence-corrected chi connectivity index (χ3v) is 6.47. The summed E-state index contributed by atoms with van der Waals surface area (Å²) in [5.74, 6) is -0.249. The molecule has 3 rings (SSSR count). The Morgan fingerprint density at radius 2 is 2.00 bits per heavy atom. The predicted octanol–water partition coefficient (Wildman–Crippen LogP) is 1.85. The fourth-order valence-electron chi connectivity index (χ4n) is 2.71. The number of aryl methyl sites for hydroxylation is 1. The fraction of sp³-hybridized carbons (Fsp3) is 0.278. The van der Waals surface area contributed by atoms with Gasteiger partial charge in [0.25, 0.3) is 11.5 Å². The van der Waals surface area contributed by atoms with Crippen LogP contribution in [-0.2, 0) is 10.0 Å². The number of nitrogens with one attached hydrogen (secondary N) is 2. The molecule has 0 saturated heterocycles. The predicted molar refractivity (Wildman–Crippen MR) is 111 cm³/mol. The highest BCUT2D eigenvalue weighted by Gasteiger charge is 2.23.